The minimum Gasteiger partial charge on any atom is -0.508 e. The van der Waals surface area contributed by atoms with Crippen LogP contribution in [0.2, 0.25) is 0 Å². The number of hydrogen-bond donors (Lipinski definition) is 2. The monoisotopic (exact) mass is 406 g/mol. The molecular formula is C23H26N4O3. The number of nitrogens with two attached hydrogens (primary N) is 1. The fourth-order valence-electron chi connectivity index (χ4n) is 3.88. The van der Waals surface area contributed by atoms with Gasteiger partial charge in [0.1, 0.15) is 23.1 Å². The quantitative estimate of drug-likeness (QED) is 0.742. The van der Waals surface area contributed by atoms with Crippen molar-refractivity contribution < 1.29 is 14.6 Å². The van der Waals surface area contributed by atoms with Gasteiger partial charge in [0, 0.05) is 31.0 Å². The lowest BCUT2D eigenvalue weighted by molar-refractivity contribution is -0.127. The van der Waals surface area contributed by atoms with Gasteiger partial charge >= 0.3 is 0 Å². The Labute approximate surface area is 176 Å². The van der Waals surface area contributed by atoms with Crippen LogP contribution in [-0.4, -0.2) is 46.6 Å². The molecule has 1 saturated heterocycles. The summed E-state index contributed by atoms with van der Waals surface area (Å²) in [6, 6.07) is 14.6. The smallest absolute Gasteiger partial charge is 0.246 e. The van der Waals surface area contributed by atoms with E-state index in [0.29, 0.717) is 30.5 Å². The number of hydrogen-bond acceptors (Lipinski definition) is 6. The average Bonchev–Trinajstić information content (AvgIpc) is 3.17. The molecule has 0 aliphatic carbocycles. The van der Waals surface area contributed by atoms with E-state index >= 15 is 0 Å². The Balaban J connectivity index is 1.40. The zero-order chi connectivity index (χ0) is 21.1. The molecule has 4 rings (SSSR count). The Kier molecular flexibility index (Phi) is 5.52. The maximum Gasteiger partial charge on any atom is 0.246 e. The molecule has 0 bridgehead atoms. The van der Waals surface area contributed by atoms with Crippen LogP contribution in [0.15, 0.2) is 73.2 Å². The average molecular weight is 406 g/mol. The van der Waals surface area contributed by atoms with E-state index in [1.807, 2.05) is 40.3 Å². The van der Waals surface area contributed by atoms with Crippen molar-refractivity contribution in [2.24, 2.45) is 5.73 Å². The molecule has 156 valence electrons. The number of benzene rings is 2. The first-order valence-electron chi connectivity index (χ1n) is 10.0. The molecule has 30 heavy (non-hydrogen) atoms. The molecule has 0 saturated carbocycles. The fourth-order valence-corrected chi connectivity index (χ4v) is 3.88. The SMILES string of the molecule is C=CC(=O)N1CCC[C@@H](N2C=C(N)N(c3ccc(Oc4ccc(O)cc4)cc3)C2)C1. The van der Waals surface area contributed by atoms with E-state index in [9.17, 15) is 9.90 Å². The summed E-state index contributed by atoms with van der Waals surface area (Å²) in [6.45, 7) is 5.70. The van der Waals surface area contributed by atoms with Crippen LogP contribution in [0, 0.1) is 0 Å². The maximum atomic E-state index is 12.0. The molecule has 2 aliphatic heterocycles. The lowest BCUT2D eigenvalue weighted by atomic mass is 10.0. The van der Waals surface area contributed by atoms with Crippen LogP contribution in [-0.2, 0) is 4.79 Å². The molecule has 0 spiro atoms. The summed E-state index contributed by atoms with van der Waals surface area (Å²) < 4.78 is 5.81. The van der Waals surface area contributed by atoms with Crippen molar-refractivity contribution in [3.63, 3.8) is 0 Å². The highest BCUT2D eigenvalue weighted by molar-refractivity contribution is 5.87. The minimum atomic E-state index is -0.0167. The molecule has 2 aliphatic rings. The van der Waals surface area contributed by atoms with E-state index in [1.165, 1.54) is 6.08 Å². The van der Waals surface area contributed by atoms with Gasteiger partial charge in [-0.05, 0) is 67.4 Å². The Morgan fingerprint density at radius 2 is 1.80 bits per heavy atom. The first kappa shape index (κ1) is 19.7. The lowest BCUT2D eigenvalue weighted by Gasteiger charge is -2.37. The summed E-state index contributed by atoms with van der Waals surface area (Å²) in [6.07, 6.45) is 5.34. The third kappa shape index (κ3) is 4.20. The van der Waals surface area contributed by atoms with Crippen molar-refractivity contribution in [3.05, 3.63) is 73.2 Å². The van der Waals surface area contributed by atoms with Gasteiger partial charge in [0.2, 0.25) is 5.91 Å². The predicted octanol–water partition coefficient (Wildman–Crippen LogP) is 3.20. The minimum absolute atomic E-state index is 0.0167. The first-order valence-corrected chi connectivity index (χ1v) is 10.0. The Bertz CT molecular complexity index is 940. The molecule has 2 heterocycles. The molecule has 1 atom stereocenters. The Hall–Kier alpha value is -3.61. The van der Waals surface area contributed by atoms with Gasteiger partial charge in [0.25, 0.3) is 0 Å². The molecule has 2 aromatic rings. The summed E-state index contributed by atoms with van der Waals surface area (Å²) in [7, 11) is 0. The third-order valence-electron chi connectivity index (χ3n) is 5.49. The maximum absolute atomic E-state index is 12.0. The highest BCUT2D eigenvalue weighted by atomic mass is 16.5. The summed E-state index contributed by atoms with van der Waals surface area (Å²) in [5.41, 5.74) is 7.27. The molecule has 0 radical (unpaired) electrons. The summed E-state index contributed by atoms with van der Waals surface area (Å²) in [4.78, 5) is 18.1. The zero-order valence-electron chi connectivity index (χ0n) is 16.8. The largest absolute Gasteiger partial charge is 0.508 e. The van der Waals surface area contributed by atoms with Gasteiger partial charge in [-0.1, -0.05) is 6.58 Å². The van der Waals surface area contributed by atoms with E-state index in [0.717, 1.165) is 25.1 Å². The number of likely N-dealkylation sites (tertiary alicyclic amines) is 1. The molecule has 7 heteroatoms. The topological polar surface area (TPSA) is 82.3 Å². The molecule has 1 amide bonds. The number of phenols is 1. The molecule has 2 aromatic carbocycles. The second-order valence-corrected chi connectivity index (χ2v) is 7.51. The van der Waals surface area contributed by atoms with E-state index in [4.69, 9.17) is 10.5 Å². The third-order valence-corrected chi connectivity index (χ3v) is 5.49. The van der Waals surface area contributed by atoms with E-state index in [-0.39, 0.29) is 17.7 Å². The first-order chi connectivity index (χ1) is 14.5. The number of carbonyl (C=O) groups excluding carboxylic acids is 1. The normalized spacial score (nSPS) is 18.9. The number of amides is 1. The zero-order valence-corrected chi connectivity index (χ0v) is 16.8. The van der Waals surface area contributed by atoms with Crippen molar-refractivity contribution in [1.29, 1.82) is 0 Å². The molecular weight excluding hydrogens is 380 g/mol. The predicted molar refractivity (Wildman–Crippen MR) is 116 cm³/mol. The van der Waals surface area contributed by atoms with E-state index < -0.39 is 0 Å². The standard InChI is InChI=1S/C23H26N4O3/c1-2-23(29)25-13-3-4-18(14-25)26-15-22(24)27(16-26)17-5-9-20(10-6-17)30-21-11-7-19(28)8-12-21/h2,5-12,15,18,28H,1,3-4,13-14,16,24H2/t18-/m1/s1. The van der Waals surface area contributed by atoms with E-state index in [2.05, 4.69) is 11.5 Å². The van der Waals surface area contributed by atoms with Crippen LogP contribution >= 0.6 is 0 Å². The van der Waals surface area contributed by atoms with Crippen LogP contribution in [0.3, 0.4) is 0 Å². The number of rotatable bonds is 5. The van der Waals surface area contributed by atoms with Crippen LogP contribution in [0.1, 0.15) is 12.8 Å². The molecule has 0 aromatic heterocycles. The Morgan fingerprint density at radius 3 is 2.47 bits per heavy atom. The van der Waals surface area contributed by atoms with Crippen LogP contribution in [0.4, 0.5) is 5.69 Å². The number of carbonyl (C=O) groups is 1. The molecule has 0 unspecified atom stereocenters. The van der Waals surface area contributed by atoms with Gasteiger partial charge < -0.3 is 30.3 Å². The van der Waals surface area contributed by atoms with Crippen LogP contribution in [0.25, 0.3) is 0 Å². The Morgan fingerprint density at radius 1 is 1.13 bits per heavy atom. The second kappa shape index (κ2) is 8.41. The summed E-state index contributed by atoms with van der Waals surface area (Å²) >= 11 is 0. The van der Waals surface area contributed by atoms with Gasteiger partial charge in [0.15, 0.2) is 0 Å². The van der Waals surface area contributed by atoms with Crippen molar-refractivity contribution in [2.45, 2.75) is 18.9 Å². The number of ether oxygens (including phenoxy) is 1. The summed E-state index contributed by atoms with van der Waals surface area (Å²) in [5, 5.41) is 9.37. The molecule has 3 N–H and O–H groups in total. The highest BCUT2D eigenvalue weighted by Crippen LogP contribution is 2.29. The van der Waals surface area contributed by atoms with Gasteiger partial charge in [-0.3, -0.25) is 4.79 Å². The number of nitrogens with zero attached hydrogens (tertiary/aromatic N) is 3. The van der Waals surface area contributed by atoms with Crippen LogP contribution in [0.5, 0.6) is 17.2 Å². The number of piperidine rings is 1. The lowest BCUT2D eigenvalue weighted by Crippen LogP contribution is -2.48. The molecule has 7 nitrogen and oxygen atoms in total. The highest BCUT2D eigenvalue weighted by Gasteiger charge is 2.30. The van der Waals surface area contributed by atoms with Crippen molar-refractivity contribution in [1.82, 2.24) is 9.80 Å². The fraction of sp³-hybridized carbons (Fsp3) is 0.261. The van der Waals surface area contributed by atoms with Gasteiger partial charge in [-0.2, -0.15) is 0 Å². The molecule has 1 fully saturated rings. The van der Waals surface area contributed by atoms with Crippen LogP contribution < -0.4 is 15.4 Å². The van der Waals surface area contributed by atoms with Gasteiger partial charge in [-0.15, -0.1) is 0 Å². The van der Waals surface area contributed by atoms with Crippen molar-refractivity contribution in [3.8, 4) is 17.2 Å². The number of phenolic OH excluding ortho intramolecular Hbond substituents is 1. The second-order valence-electron chi connectivity index (χ2n) is 7.51. The van der Waals surface area contributed by atoms with Crippen molar-refractivity contribution in [2.75, 3.05) is 24.7 Å². The van der Waals surface area contributed by atoms with E-state index in [1.54, 1.807) is 24.3 Å². The van der Waals surface area contributed by atoms with Crippen molar-refractivity contribution >= 4 is 11.6 Å². The number of anilines is 1. The number of aromatic hydroxyl groups is 1. The van der Waals surface area contributed by atoms with Gasteiger partial charge in [-0.25, -0.2) is 0 Å². The summed E-state index contributed by atoms with van der Waals surface area (Å²) in [5.74, 6) is 2.22. The van der Waals surface area contributed by atoms with Gasteiger partial charge in [0.05, 0.1) is 6.67 Å².